The van der Waals surface area contributed by atoms with Crippen molar-refractivity contribution in [3.8, 4) is 0 Å². The first kappa shape index (κ1) is 15.3. The topological polar surface area (TPSA) is 112 Å². The van der Waals surface area contributed by atoms with Crippen LogP contribution in [0.3, 0.4) is 0 Å². The minimum Gasteiger partial charge on any atom is -0.321 e. The van der Waals surface area contributed by atoms with Gasteiger partial charge in [0, 0.05) is 11.5 Å². The Balaban J connectivity index is 3.70. The van der Waals surface area contributed by atoms with Crippen LogP contribution in [0.15, 0.2) is 23.0 Å². The van der Waals surface area contributed by atoms with Crippen LogP contribution in [0.25, 0.3) is 0 Å². The fourth-order valence-corrected chi connectivity index (χ4v) is 2.30. The first-order chi connectivity index (χ1) is 8.39. The van der Waals surface area contributed by atoms with Crippen molar-refractivity contribution in [1.82, 2.24) is 0 Å². The van der Waals surface area contributed by atoms with Gasteiger partial charge in [-0.1, -0.05) is 27.7 Å². The Kier molecular flexibility index (Phi) is 3.55. The summed E-state index contributed by atoms with van der Waals surface area (Å²) >= 11 is 0. The molecule has 0 bridgehead atoms. The van der Waals surface area contributed by atoms with Gasteiger partial charge in [0.25, 0.3) is 11.4 Å². The van der Waals surface area contributed by atoms with E-state index in [2.05, 4.69) is 0 Å². The van der Waals surface area contributed by atoms with Gasteiger partial charge in [0.05, 0.1) is 21.3 Å². The molecule has 0 radical (unpaired) electrons. The molecule has 1 rings (SSSR count). The second kappa shape index (κ2) is 4.41. The van der Waals surface area contributed by atoms with Gasteiger partial charge in [-0.2, -0.15) is 0 Å². The molecule has 19 heavy (non-hydrogen) atoms. The lowest BCUT2D eigenvalue weighted by molar-refractivity contribution is -0.448. The molecule has 0 saturated carbocycles. The highest BCUT2D eigenvalue weighted by Crippen LogP contribution is 2.43. The number of nitrogens with two attached hydrogens (primary N) is 1. The molecule has 0 aromatic heterocycles. The highest BCUT2D eigenvalue weighted by atomic mass is 16.6. The molecule has 0 spiro atoms. The molecule has 2 unspecified atom stereocenters. The van der Waals surface area contributed by atoms with Crippen molar-refractivity contribution in [3.05, 3.63) is 43.3 Å². The molecule has 0 amide bonds. The zero-order chi connectivity index (χ0) is 15.2. The fraction of sp³-hybridized carbons (Fsp3) is 0.667. The van der Waals surface area contributed by atoms with Crippen molar-refractivity contribution in [1.29, 1.82) is 0 Å². The van der Waals surface area contributed by atoms with Gasteiger partial charge in [-0.3, -0.25) is 20.2 Å². The highest BCUT2D eigenvalue weighted by molar-refractivity contribution is 5.41. The second-order valence-electron chi connectivity index (χ2n) is 6.14. The number of allylic oxidation sites excluding steroid dienone is 1. The lowest BCUT2D eigenvalue weighted by Crippen LogP contribution is -2.47. The Morgan fingerprint density at radius 3 is 2.05 bits per heavy atom. The summed E-state index contributed by atoms with van der Waals surface area (Å²) in [5.41, 5.74) is 3.88. The highest BCUT2D eigenvalue weighted by Gasteiger charge is 2.49. The zero-order valence-corrected chi connectivity index (χ0v) is 11.8. The lowest BCUT2D eigenvalue weighted by atomic mass is 9.71. The number of rotatable bonds is 2. The molecule has 1 aliphatic carbocycles. The number of nitro groups is 2. The van der Waals surface area contributed by atoms with Crippen LogP contribution in [0.2, 0.25) is 0 Å². The van der Waals surface area contributed by atoms with E-state index in [1.807, 2.05) is 0 Å². The van der Waals surface area contributed by atoms with Crippen molar-refractivity contribution in [2.45, 2.75) is 40.2 Å². The number of hydrogen-bond acceptors (Lipinski definition) is 5. The largest absolute Gasteiger partial charge is 0.321 e. The monoisotopic (exact) mass is 269 g/mol. The Morgan fingerprint density at radius 1 is 1.26 bits per heavy atom. The maximum absolute atomic E-state index is 11.3. The van der Waals surface area contributed by atoms with E-state index in [1.165, 1.54) is 6.08 Å². The van der Waals surface area contributed by atoms with Gasteiger partial charge in [-0.05, 0) is 6.92 Å². The molecule has 0 aromatic carbocycles. The minimum atomic E-state index is -1.11. The summed E-state index contributed by atoms with van der Waals surface area (Å²) in [6.07, 6.45) is 1.32. The van der Waals surface area contributed by atoms with E-state index in [4.69, 9.17) is 5.73 Å². The number of nitrogens with zero attached hydrogens (tertiary/aromatic N) is 2. The van der Waals surface area contributed by atoms with E-state index in [9.17, 15) is 20.2 Å². The van der Waals surface area contributed by atoms with Crippen molar-refractivity contribution in [2.24, 2.45) is 17.1 Å². The summed E-state index contributed by atoms with van der Waals surface area (Å²) < 4.78 is 0. The van der Waals surface area contributed by atoms with Gasteiger partial charge in [-0.25, -0.2) is 0 Å². The molecule has 106 valence electrons. The molecule has 2 N–H and O–H groups in total. The van der Waals surface area contributed by atoms with Gasteiger partial charge in [0.15, 0.2) is 0 Å². The molecule has 2 atom stereocenters. The molecule has 7 nitrogen and oxygen atoms in total. The van der Waals surface area contributed by atoms with Crippen LogP contribution >= 0.6 is 0 Å². The van der Waals surface area contributed by atoms with Crippen molar-refractivity contribution >= 4 is 0 Å². The summed E-state index contributed by atoms with van der Waals surface area (Å²) in [4.78, 5) is 21.4. The summed E-state index contributed by atoms with van der Waals surface area (Å²) in [7, 11) is 0. The van der Waals surface area contributed by atoms with Crippen LogP contribution in [-0.2, 0) is 0 Å². The Hall–Kier alpha value is -1.76. The summed E-state index contributed by atoms with van der Waals surface area (Å²) in [6.45, 7) is 8.33. The molecule has 1 aliphatic rings. The predicted molar refractivity (Wildman–Crippen MR) is 70.3 cm³/mol. The van der Waals surface area contributed by atoms with Gasteiger partial charge >= 0.3 is 0 Å². The van der Waals surface area contributed by atoms with Crippen LogP contribution < -0.4 is 5.73 Å². The normalized spacial score (nSPS) is 28.1. The molecule has 0 heterocycles. The summed E-state index contributed by atoms with van der Waals surface area (Å²) in [5.74, 6) is -0.597. The van der Waals surface area contributed by atoms with Gasteiger partial charge < -0.3 is 5.73 Å². The van der Waals surface area contributed by atoms with Gasteiger partial charge in [-0.15, -0.1) is 0 Å². The average Bonchev–Trinajstić information content (AvgIpc) is 2.18. The van der Waals surface area contributed by atoms with E-state index in [0.717, 1.165) is 0 Å². The summed E-state index contributed by atoms with van der Waals surface area (Å²) in [6, 6.07) is 0. The van der Waals surface area contributed by atoms with E-state index in [1.54, 1.807) is 34.6 Å². The van der Waals surface area contributed by atoms with Crippen molar-refractivity contribution < 1.29 is 9.85 Å². The van der Waals surface area contributed by atoms with E-state index in [-0.39, 0.29) is 17.0 Å². The number of hydrogen-bond donors (Lipinski definition) is 1. The van der Waals surface area contributed by atoms with Crippen molar-refractivity contribution in [2.75, 3.05) is 0 Å². The second-order valence-corrected chi connectivity index (χ2v) is 6.14. The molecule has 0 saturated heterocycles. The standard InChI is InChI=1S/C12H19N3O4/c1-7-10(15(18)19)9(11(2,3)4)8(14(16)17)6-12(7,5)13/h6-7H,13H2,1-5H3. The fourth-order valence-electron chi connectivity index (χ4n) is 2.30. The molecular weight excluding hydrogens is 250 g/mol. The van der Waals surface area contributed by atoms with Crippen LogP contribution in [0, 0.1) is 31.6 Å². The molecule has 7 heteroatoms. The minimum absolute atomic E-state index is 0.151. The Labute approximate surface area is 111 Å². The maximum Gasteiger partial charge on any atom is 0.277 e. The SMILES string of the molecule is CC1C([N+](=O)[O-])=C(C(C)(C)C)C([N+](=O)[O-])=CC1(C)N. The van der Waals surface area contributed by atoms with Gasteiger partial charge in [0.2, 0.25) is 0 Å². The van der Waals surface area contributed by atoms with E-state index < -0.39 is 26.7 Å². The first-order valence-corrected chi connectivity index (χ1v) is 5.95. The molecule has 0 aromatic rings. The molecule has 0 aliphatic heterocycles. The Bertz CT molecular complexity index is 498. The Morgan fingerprint density at radius 2 is 1.74 bits per heavy atom. The predicted octanol–water partition coefficient (Wildman–Crippen LogP) is 2.09. The van der Waals surface area contributed by atoms with Crippen LogP contribution in [0.4, 0.5) is 0 Å². The maximum atomic E-state index is 11.3. The third kappa shape index (κ3) is 2.65. The lowest BCUT2D eigenvalue weighted by Gasteiger charge is -2.33. The quantitative estimate of drug-likeness (QED) is 0.609. The first-order valence-electron chi connectivity index (χ1n) is 5.95. The molecule has 0 fully saturated rings. The van der Waals surface area contributed by atoms with Gasteiger partial charge in [0.1, 0.15) is 5.57 Å². The molecular formula is C12H19N3O4. The van der Waals surface area contributed by atoms with E-state index >= 15 is 0 Å². The smallest absolute Gasteiger partial charge is 0.277 e. The van der Waals surface area contributed by atoms with Crippen LogP contribution in [0.1, 0.15) is 34.6 Å². The average molecular weight is 269 g/mol. The van der Waals surface area contributed by atoms with Crippen LogP contribution in [-0.4, -0.2) is 15.4 Å². The summed E-state index contributed by atoms with van der Waals surface area (Å²) in [5, 5.41) is 22.5. The van der Waals surface area contributed by atoms with Crippen LogP contribution in [0.5, 0.6) is 0 Å². The third-order valence-corrected chi connectivity index (χ3v) is 3.45. The van der Waals surface area contributed by atoms with Crippen molar-refractivity contribution in [3.63, 3.8) is 0 Å². The zero-order valence-electron chi connectivity index (χ0n) is 11.8. The van der Waals surface area contributed by atoms with E-state index in [0.29, 0.717) is 0 Å². The third-order valence-electron chi connectivity index (χ3n) is 3.45.